The summed E-state index contributed by atoms with van der Waals surface area (Å²) in [6.07, 6.45) is 0.404. The van der Waals surface area contributed by atoms with Gasteiger partial charge in [-0.1, -0.05) is 13.8 Å². The van der Waals surface area contributed by atoms with Crippen molar-refractivity contribution in [1.29, 1.82) is 0 Å². The van der Waals surface area contributed by atoms with E-state index in [0.29, 0.717) is 36.0 Å². The molecular weight excluding hydrogens is 324 g/mol. The first kappa shape index (κ1) is 17.2. The molecule has 25 heavy (non-hydrogen) atoms. The fraction of sp³-hybridized carbons (Fsp3) is 0.625. The van der Waals surface area contributed by atoms with E-state index >= 15 is 0 Å². The molecule has 0 aromatic carbocycles. The number of nitrogens with zero attached hydrogens (tertiary/aromatic N) is 3. The molecule has 1 fully saturated rings. The Morgan fingerprint density at radius 3 is 2.60 bits per heavy atom. The van der Waals surface area contributed by atoms with Crippen LogP contribution in [0.25, 0.3) is 0 Å². The molecule has 9 heteroatoms. The van der Waals surface area contributed by atoms with Gasteiger partial charge >= 0.3 is 6.09 Å². The second-order valence-corrected chi connectivity index (χ2v) is 7.08. The van der Waals surface area contributed by atoms with Crippen molar-refractivity contribution < 1.29 is 14.7 Å². The Morgan fingerprint density at radius 1 is 1.32 bits per heavy atom. The largest absolute Gasteiger partial charge is 0.465 e. The first-order valence-corrected chi connectivity index (χ1v) is 8.44. The summed E-state index contributed by atoms with van der Waals surface area (Å²) in [5.74, 6) is 1.31. The zero-order valence-electron chi connectivity index (χ0n) is 14.8. The molecule has 136 valence electrons. The molecule has 1 aliphatic heterocycles. The molecule has 1 aromatic heterocycles. The summed E-state index contributed by atoms with van der Waals surface area (Å²) >= 11 is 0. The first-order chi connectivity index (χ1) is 11.8. The molecule has 1 aromatic rings. The number of aryl methyl sites for hydroxylation is 1. The fourth-order valence-electron chi connectivity index (χ4n) is 3.49. The second kappa shape index (κ2) is 6.38. The van der Waals surface area contributed by atoms with Gasteiger partial charge in [-0.25, -0.2) is 9.78 Å². The normalized spacial score (nSPS) is 25.1. The molecule has 0 saturated heterocycles. The number of carboxylic acid groups (broad SMARTS) is 1. The minimum atomic E-state index is -0.999. The highest BCUT2D eigenvalue weighted by molar-refractivity contribution is 6.03. The lowest BCUT2D eigenvalue weighted by atomic mass is 9.87. The van der Waals surface area contributed by atoms with E-state index in [0.717, 1.165) is 0 Å². The molecule has 2 amide bonds. The van der Waals surface area contributed by atoms with Crippen LogP contribution in [0.1, 0.15) is 32.4 Å². The molecule has 1 aliphatic carbocycles. The minimum Gasteiger partial charge on any atom is -0.465 e. The lowest BCUT2D eigenvalue weighted by Gasteiger charge is -2.38. The van der Waals surface area contributed by atoms with Crippen molar-refractivity contribution in [2.24, 2.45) is 5.92 Å². The summed E-state index contributed by atoms with van der Waals surface area (Å²) in [6.45, 7) is 5.84. The maximum absolute atomic E-state index is 12.3. The average molecular weight is 348 g/mol. The zero-order valence-corrected chi connectivity index (χ0v) is 14.8. The number of hydrogen-bond acceptors (Lipinski definition) is 6. The third kappa shape index (κ3) is 3.31. The van der Waals surface area contributed by atoms with Gasteiger partial charge in [-0.05, 0) is 25.7 Å². The van der Waals surface area contributed by atoms with Crippen LogP contribution in [0.2, 0.25) is 0 Å². The van der Waals surface area contributed by atoms with Gasteiger partial charge in [0, 0.05) is 19.1 Å². The van der Waals surface area contributed by atoms with Crippen molar-refractivity contribution >= 4 is 29.5 Å². The van der Waals surface area contributed by atoms with Crippen molar-refractivity contribution in [2.75, 3.05) is 22.6 Å². The molecule has 0 unspecified atom stereocenters. The Bertz CT molecular complexity index is 701. The van der Waals surface area contributed by atoms with Gasteiger partial charge in [0.25, 0.3) is 0 Å². The van der Waals surface area contributed by atoms with Gasteiger partial charge < -0.3 is 26.0 Å². The third-order valence-electron chi connectivity index (χ3n) is 4.77. The van der Waals surface area contributed by atoms with Gasteiger partial charge in [0.2, 0.25) is 11.9 Å². The highest BCUT2D eigenvalue weighted by atomic mass is 16.4. The van der Waals surface area contributed by atoms with E-state index in [9.17, 15) is 9.59 Å². The standard InChI is InChI=1S/C16H24N6O3/c1-7(2)12-14(23)20-11-8(3)17-15(21-13(11)22(12)4)18-9-5-10(6-9)19-16(24)25/h7,9-10,12,19H,5-6H2,1-4H3,(H,20,23)(H,24,25)(H,17,18,21)/t9-,10+,12-/m0/s1. The van der Waals surface area contributed by atoms with E-state index in [1.165, 1.54) is 0 Å². The zero-order chi connectivity index (χ0) is 18.3. The van der Waals surface area contributed by atoms with Crippen molar-refractivity contribution in [3.63, 3.8) is 0 Å². The number of carbonyl (C=O) groups excluding carboxylic acids is 1. The summed E-state index contributed by atoms with van der Waals surface area (Å²) in [5.41, 5.74) is 1.35. The highest BCUT2D eigenvalue weighted by Gasteiger charge is 2.36. The van der Waals surface area contributed by atoms with Crippen LogP contribution in [0, 0.1) is 12.8 Å². The maximum Gasteiger partial charge on any atom is 0.404 e. The Morgan fingerprint density at radius 2 is 2.00 bits per heavy atom. The van der Waals surface area contributed by atoms with Crippen LogP contribution in [0.4, 0.5) is 22.2 Å². The van der Waals surface area contributed by atoms with Crippen LogP contribution in [-0.2, 0) is 4.79 Å². The van der Waals surface area contributed by atoms with Crippen LogP contribution in [-0.4, -0.2) is 52.2 Å². The summed E-state index contributed by atoms with van der Waals surface area (Å²) in [5, 5.41) is 17.4. The SMILES string of the molecule is Cc1nc(N[C@H]2C[C@@H](NC(=O)O)C2)nc2c1NC(=O)[C@H](C(C)C)N2C. The maximum atomic E-state index is 12.3. The second-order valence-electron chi connectivity index (χ2n) is 7.08. The number of rotatable bonds is 4. The first-order valence-electron chi connectivity index (χ1n) is 8.44. The Labute approximate surface area is 146 Å². The van der Waals surface area contributed by atoms with Crippen molar-refractivity contribution in [3.05, 3.63) is 5.69 Å². The predicted molar refractivity (Wildman–Crippen MR) is 94.0 cm³/mol. The molecular formula is C16H24N6O3. The van der Waals surface area contributed by atoms with E-state index in [-0.39, 0.29) is 30.0 Å². The van der Waals surface area contributed by atoms with Crippen LogP contribution in [0.5, 0.6) is 0 Å². The highest BCUT2D eigenvalue weighted by Crippen LogP contribution is 2.34. The summed E-state index contributed by atoms with van der Waals surface area (Å²) in [7, 11) is 1.87. The molecule has 1 saturated carbocycles. The Kier molecular flexibility index (Phi) is 4.40. The van der Waals surface area contributed by atoms with Gasteiger partial charge in [-0.3, -0.25) is 4.79 Å². The van der Waals surface area contributed by atoms with E-state index < -0.39 is 6.09 Å². The average Bonchev–Trinajstić information content (AvgIpc) is 2.45. The van der Waals surface area contributed by atoms with Crippen LogP contribution in [0.3, 0.4) is 0 Å². The fourth-order valence-corrected chi connectivity index (χ4v) is 3.49. The smallest absolute Gasteiger partial charge is 0.404 e. The lowest BCUT2D eigenvalue weighted by molar-refractivity contribution is -0.118. The monoisotopic (exact) mass is 348 g/mol. The van der Waals surface area contributed by atoms with E-state index in [1.807, 2.05) is 32.7 Å². The van der Waals surface area contributed by atoms with Crippen molar-refractivity contribution in [2.45, 2.75) is 51.7 Å². The lowest BCUT2D eigenvalue weighted by Crippen LogP contribution is -2.50. The summed E-state index contributed by atoms with van der Waals surface area (Å²) in [6, 6.07) is -0.165. The topological polar surface area (TPSA) is 119 Å². The molecule has 0 radical (unpaired) electrons. The van der Waals surface area contributed by atoms with Crippen LogP contribution >= 0.6 is 0 Å². The molecule has 0 spiro atoms. The van der Waals surface area contributed by atoms with Crippen molar-refractivity contribution in [3.8, 4) is 0 Å². The van der Waals surface area contributed by atoms with Crippen LogP contribution in [0.15, 0.2) is 0 Å². The predicted octanol–water partition coefficient (Wildman–Crippen LogP) is 1.41. The number of carbonyl (C=O) groups is 2. The third-order valence-corrected chi connectivity index (χ3v) is 4.77. The van der Waals surface area contributed by atoms with E-state index in [4.69, 9.17) is 5.11 Å². The molecule has 9 nitrogen and oxygen atoms in total. The number of fused-ring (bicyclic) bond motifs is 1. The molecule has 2 aliphatic rings. The molecule has 1 atom stereocenters. The number of hydrogen-bond donors (Lipinski definition) is 4. The Hall–Kier alpha value is -2.58. The Balaban J connectivity index is 1.75. The van der Waals surface area contributed by atoms with Crippen molar-refractivity contribution in [1.82, 2.24) is 15.3 Å². The number of aromatic nitrogens is 2. The van der Waals surface area contributed by atoms with Gasteiger partial charge in [0.05, 0.1) is 5.69 Å². The molecule has 2 heterocycles. The number of nitrogens with one attached hydrogen (secondary N) is 3. The number of likely N-dealkylation sites (N-methyl/N-ethyl adjacent to an activating group) is 1. The number of anilines is 3. The summed E-state index contributed by atoms with van der Waals surface area (Å²) < 4.78 is 0. The van der Waals surface area contributed by atoms with E-state index in [1.54, 1.807) is 0 Å². The van der Waals surface area contributed by atoms with Gasteiger partial charge in [-0.15, -0.1) is 0 Å². The molecule has 4 N–H and O–H groups in total. The molecule has 3 rings (SSSR count). The van der Waals surface area contributed by atoms with Crippen LogP contribution < -0.4 is 20.9 Å². The van der Waals surface area contributed by atoms with Gasteiger partial charge in [0.15, 0.2) is 5.82 Å². The summed E-state index contributed by atoms with van der Waals surface area (Å²) in [4.78, 5) is 33.9. The minimum absolute atomic E-state index is 0.0268. The number of amides is 2. The van der Waals surface area contributed by atoms with Gasteiger partial charge in [0.1, 0.15) is 11.7 Å². The molecule has 0 bridgehead atoms. The van der Waals surface area contributed by atoms with E-state index in [2.05, 4.69) is 25.9 Å². The quantitative estimate of drug-likeness (QED) is 0.649. The van der Waals surface area contributed by atoms with Gasteiger partial charge in [-0.2, -0.15) is 4.98 Å².